The van der Waals surface area contributed by atoms with E-state index in [4.69, 9.17) is 4.74 Å². The standard InChI is InChI=1S/C33H45N5O4/c1-6-42-17-10-9-15-30(39)27-21-38(29-13-8-7-12-26(27)29)25-18-24(19-35-20-25)28-14-11-16-37(28)33(41)31(22(2)3)36-32(40)23(4)34-5/h7-8,12-13,18-23,28,31,34H,6,9-11,14-17H2,1-5H3,(H,36,40)/t23-,28-,31-/m0/s1. The van der Waals surface area contributed by atoms with Gasteiger partial charge in [0.2, 0.25) is 11.8 Å². The maximum Gasteiger partial charge on any atom is 0.245 e. The van der Waals surface area contributed by atoms with Crippen molar-refractivity contribution < 1.29 is 19.1 Å². The highest BCUT2D eigenvalue weighted by molar-refractivity contribution is 6.08. The number of hydrogen-bond acceptors (Lipinski definition) is 6. The first-order valence-corrected chi connectivity index (χ1v) is 15.2. The summed E-state index contributed by atoms with van der Waals surface area (Å²) in [6.45, 7) is 9.64. The number of nitrogens with zero attached hydrogens (tertiary/aromatic N) is 3. The van der Waals surface area contributed by atoms with Crippen molar-refractivity contribution in [2.45, 2.75) is 77.9 Å². The van der Waals surface area contributed by atoms with E-state index >= 15 is 0 Å². The number of ether oxygens (including phenoxy) is 1. The summed E-state index contributed by atoms with van der Waals surface area (Å²) in [5.74, 6) is -0.202. The summed E-state index contributed by atoms with van der Waals surface area (Å²) in [7, 11) is 1.73. The van der Waals surface area contributed by atoms with Crippen LogP contribution in [-0.4, -0.2) is 70.9 Å². The predicted molar refractivity (Wildman–Crippen MR) is 165 cm³/mol. The lowest BCUT2D eigenvalue weighted by Gasteiger charge is -2.32. The van der Waals surface area contributed by atoms with Crippen molar-refractivity contribution in [3.05, 3.63) is 60.0 Å². The molecule has 226 valence electrons. The number of rotatable bonds is 14. The first kappa shape index (κ1) is 31.4. The molecule has 0 spiro atoms. The molecule has 1 aromatic carbocycles. The molecule has 2 aromatic heterocycles. The fourth-order valence-corrected chi connectivity index (χ4v) is 5.62. The quantitative estimate of drug-likeness (QED) is 0.211. The van der Waals surface area contributed by atoms with Gasteiger partial charge in [0, 0.05) is 49.5 Å². The Kier molecular flexibility index (Phi) is 10.9. The molecule has 0 radical (unpaired) electrons. The molecule has 0 bridgehead atoms. The van der Waals surface area contributed by atoms with Gasteiger partial charge in [-0.1, -0.05) is 32.0 Å². The molecular formula is C33H45N5O4. The van der Waals surface area contributed by atoms with Crippen molar-refractivity contribution in [3.8, 4) is 5.69 Å². The third kappa shape index (κ3) is 7.07. The predicted octanol–water partition coefficient (Wildman–Crippen LogP) is 4.83. The Bertz CT molecular complexity index is 1380. The lowest BCUT2D eigenvalue weighted by Crippen LogP contribution is -2.54. The normalized spacial score (nSPS) is 16.6. The van der Waals surface area contributed by atoms with Gasteiger partial charge in [-0.25, -0.2) is 0 Å². The van der Waals surface area contributed by atoms with Crippen molar-refractivity contribution in [1.29, 1.82) is 0 Å². The largest absolute Gasteiger partial charge is 0.382 e. The van der Waals surface area contributed by atoms with Gasteiger partial charge in [0.15, 0.2) is 5.78 Å². The van der Waals surface area contributed by atoms with Crippen LogP contribution in [0.15, 0.2) is 48.9 Å². The fraction of sp³-hybridized carbons (Fsp3) is 0.515. The number of carbonyl (C=O) groups is 3. The van der Waals surface area contributed by atoms with Crippen LogP contribution in [0.25, 0.3) is 16.6 Å². The number of para-hydroxylation sites is 1. The van der Waals surface area contributed by atoms with Gasteiger partial charge >= 0.3 is 0 Å². The second kappa shape index (κ2) is 14.6. The number of carbonyl (C=O) groups excluding carboxylic acids is 3. The van der Waals surface area contributed by atoms with Crippen molar-refractivity contribution in [2.24, 2.45) is 5.92 Å². The Hall–Kier alpha value is -3.56. The SMILES string of the molecule is CCOCCCCC(=O)c1cn(-c2cncc([C@@H]3CCCN3C(=O)[C@@H](NC(=O)[C@H](C)NC)C(C)C)c2)c2ccccc12. The summed E-state index contributed by atoms with van der Waals surface area (Å²) in [5.41, 5.74) is 3.43. The van der Waals surface area contributed by atoms with Crippen molar-refractivity contribution in [1.82, 2.24) is 25.1 Å². The molecule has 0 unspecified atom stereocenters. The number of hydrogen-bond donors (Lipinski definition) is 2. The highest BCUT2D eigenvalue weighted by atomic mass is 16.5. The van der Waals surface area contributed by atoms with E-state index in [-0.39, 0.29) is 29.6 Å². The zero-order valence-corrected chi connectivity index (χ0v) is 25.6. The van der Waals surface area contributed by atoms with Crippen LogP contribution in [0.5, 0.6) is 0 Å². The molecule has 9 heteroatoms. The molecule has 4 rings (SSSR count). The molecule has 1 fully saturated rings. The van der Waals surface area contributed by atoms with Crippen LogP contribution in [0.4, 0.5) is 0 Å². The van der Waals surface area contributed by atoms with Gasteiger partial charge in [0.05, 0.1) is 29.5 Å². The highest BCUT2D eigenvalue weighted by Crippen LogP contribution is 2.34. The third-order valence-electron chi connectivity index (χ3n) is 8.16. The van der Waals surface area contributed by atoms with Gasteiger partial charge in [0.25, 0.3) is 0 Å². The van der Waals surface area contributed by atoms with E-state index in [1.54, 1.807) is 20.2 Å². The Labute approximate surface area is 249 Å². The molecule has 9 nitrogen and oxygen atoms in total. The molecule has 3 atom stereocenters. The molecule has 0 saturated carbocycles. The third-order valence-corrected chi connectivity index (χ3v) is 8.16. The van der Waals surface area contributed by atoms with Gasteiger partial charge in [-0.05, 0) is 70.2 Å². The van der Waals surface area contributed by atoms with Gasteiger partial charge in [-0.2, -0.15) is 0 Å². The number of Topliss-reactive ketones (excluding diaryl/α,β-unsaturated/α-hetero) is 1. The van der Waals surface area contributed by atoms with Crippen LogP contribution >= 0.6 is 0 Å². The van der Waals surface area contributed by atoms with E-state index < -0.39 is 12.1 Å². The Morgan fingerprint density at radius 3 is 2.64 bits per heavy atom. The zero-order valence-electron chi connectivity index (χ0n) is 25.6. The number of aromatic nitrogens is 2. The van der Waals surface area contributed by atoms with E-state index in [1.165, 1.54) is 0 Å². The van der Waals surface area contributed by atoms with Gasteiger partial charge in [0.1, 0.15) is 6.04 Å². The number of unbranched alkanes of at least 4 members (excludes halogenated alkanes) is 1. The summed E-state index contributed by atoms with van der Waals surface area (Å²) in [5, 5.41) is 6.82. The topological polar surface area (TPSA) is 106 Å². The van der Waals surface area contributed by atoms with Crippen LogP contribution in [-0.2, 0) is 14.3 Å². The average Bonchev–Trinajstić information content (AvgIpc) is 3.64. The van der Waals surface area contributed by atoms with Crippen LogP contribution in [0.3, 0.4) is 0 Å². The number of benzene rings is 1. The summed E-state index contributed by atoms with van der Waals surface area (Å²) in [6, 6.07) is 8.86. The van der Waals surface area contributed by atoms with Crippen LogP contribution in [0.1, 0.15) is 81.8 Å². The summed E-state index contributed by atoms with van der Waals surface area (Å²) in [4.78, 5) is 46.1. The lowest BCUT2D eigenvalue weighted by molar-refractivity contribution is -0.138. The zero-order chi connectivity index (χ0) is 30.2. The second-order valence-corrected chi connectivity index (χ2v) is 11.4. The number of nitrogens with one attached hydrogen (secondary N) is 2. The smallest absolute Gasteiger partial charge is 0.245 e. The average molecular weight is 576 g/mol. The number of pyridine rings is 1. The molecule has 0 aliphatic carbocycles. The lowest BCUT2D eigenvalue weighted by atomic mass is 10.00. The second-order valence-electron chi connectivity index (χ2n) is 11.4. The number of likely N-dealkylation sites (N-methyl/N-ethyl adjacent to an activating group) is 1. The molecule has 3 aromatic rings. The minimum Gasteiger partial charge on any atom is -0.382 e. The Morgan fingerprint density at radius 2 is 1.90 bits per heavy atom. The molecule has 2 N–H and O–H groups in total. The number of amides is 2. The molecule has 1 saturated heterocycles. The minimum atomic E-state index is -0.611. The van der Waals surface area contributed by atoms with E-state index in [1.807, 2.05) is 66.9 Å². The van der Waals surface area contributed by atoms with E-state index in [9.17, 15) is 14.4 Å². The maximum absolute atomic E-state index is 13.8. The molecular weight excluding hydrogens is 530 g/mol. The maximum atomic E-state index is 13.8. The van der Waals surface area contributed by atoms with Gasteiger partial charge < -0.3 is 24.8 Å². The summed E-state index contributed by atoms with van der Waals surface area (Å²) < 4.78 is 7.44. The Morgan fingerprint density at radius 1 is 1.12 bits per heavy atom. The van der Waals surface area contributed by atoms with Crippen molar-refractivity contribution in [2.75, 3.05) is 26.8 Å². The molecule has 1 aliphatic rings. The minimum absolute atomic E-state index is 0.0578. The molecule has 42 heavy (non-hydrogen) atoms. The van der Waals surface area contributed by atoms with Crippen molar-refractivity contribution >= 4 is 28.5 Å². The summed E-state index contributed by atoms with van der Waals surface area (Å²) >= 11 is 0. The number of fused-ring (bicyclic) bond motifs is 1. The van der Waals surface area contributed by atoms with Crippen LogP contribution in [0, 0.1) is 5.92 Å². The monoisotopic (exact) mass is 575 g/mol. The first-order valence-electron chi connectivity index (χ1n) is 15.2. The first-order chi connectivity index (χ1) is 20.3. The Balaban J connectivity index is 1.59. The highest BCUT2D eigenvalue weighted by Gasteiger charge is 2.36. The van der Waals surface area contributed by atoms with E-state index in [2.05, 4.69) is 21.7 Å². The molecule has 2 amide bonds. The number of ketones is 1. The van der Waals surface area contributed by atoms with Crippen LogP contribution in [0.2, 0.25) is 0 Å². The number of likely N-dealkylation sites (tertiary alicyclic amines) is 1. The fourth-order valence-electron chi connectivity index (χ4n) is 5.62. The van der Waals surface area contributed by atoms with Gasteiger partial charge in [-0.3, -0.25) is 19.4 Å². The van der Waals surface area contributed by atoms with Crippen molar-refractivity contribution in [3.63, 3.8) is 0 Å². The molecule has 1 aliphatic heterocycles. The van der Waals surface area contributed by atoms with E-state index in [0.29, 0.717) is 31.7 Å². The molecule has 3 heterocycles. The van der Waals surface area contributed by atoms with E-state index in [0.717, 1.165) is 47.8 Å². The van der Waals surface area contributed by atoms with Gasteiger partial charge in [-0.15, -0.1) is 0 Å². The van der Waals surface area contributed by atoms with Crippen LogP contribution < -0.4 is 10.6 Å². The summed E-state index contributed by atoms with van der Waals surface area (Å²) in [6.07, 6.45) is 9.34.